The van der Waals surface area contributed by atoms with Gasteiger partial charge in [0.1, 0.15) is 0 Å². The molecule has 0 bridgehead atoms. The van der Waals surface area contributed by atoms with Crippen LogP contribution in [0.15, 0.2) is 0 Å². The van der Waals surface area contributed by atoms with Gasteiger partial charge in [0.15, 0.2) is 0 Å². The van der Waals surface area contributed by atoms with Crippen LogP contribution in [0, 0.1) is 0 Å². The largest absolute Gasteiger partial charge is 0.550 e. The van der Waals surface area contributed by atoms with Gasteiger partial charge in [-0.25, -0.2) is 0 Å². The third-order valence-electron chi connectivity index (χ3n) is 3.48. The van der Waals surface area contributed by atoms with E-state index < -0.39 is 24.5 Å². The first-order valence-corrected chi connectivity index (χ1v) is 6.91. The number of hydrogen-bond acceptors (Lipinski definition) is 2. The Hall–Kier alpha value is -0.920. The number of carbonyl (C=O) groups excluding carboxylic acids is 1. The molecule has 1 heterocycles. The quantitative estimate of drug-likeness (QED) is 0.576. The molecule has 1 fully saturated rings. The fraction of sp³-hybridized carbons (Fsp3) is 0.923. The number of unbranched alkanes of at least 4 members (excludes halogenated alkanes) is 1. The number of likely N-dealkylation sites (tertiary alicyclic amines) is 1. The molecule has 1 saturated heterocycles. The minimum absolute atomic E-state index is 1.36. The van der Waals surface area contributed by atoms with E-state index in [0.717, 1.165) is 0 Å². The number of quaternary nitrogens is 1. The van der Waals surface area contributed by atoms with Crippen LogP contribution in [0.2, 0.25) is 0 Å². The van der Waals surface area contributed by atoms with Gasteiger partial charge in [0.25, 0.3) is 0 Å². The summed E-state index contributed by atoms with van der Waals surface area (Å²) >= 11 is 0. The third-order valence-corrected chi connectivity index (χ3v) is 3.48. The maximum Gasteiger partial charge on any atom is 0.453 e. The lowest BCUT2D eigenvalue weighted by Gasteiger charge is -2.28. The highest BCUT2D eigenvalue weighted by atomic mass is 19.4. The molecule has 0 atom stereocenters. The van der Waals surface area contributed by atoms with E-state index in [1.165, 1.54) is 49.8 Å². The fourth-order valence-corrected chi connectivity index (χ4v) is 2.14. The number of alkyl halides is 5. The van der Waals surface area contributed by atoms with E-state index in [9.17, 15) is 31.9 Å². The van der Waals surface area contributed by atoms with Gasteiger partial charge in [-0.15, -0.1) is 0 Å². The first-order valence-electron chi connectivity index (χ1n) is 6.91. The van der Waals surface area contributed by atoms with Gasteiger partial charge >= 0.3 is 12.1 Å². The van der Waals surface area contributed by atoms with Crippen LogP contribution in [-0.4, -0.2) is 49.2 Å². The van der Waals surface area contributed by atoms with E-state index >= 15 is 0 Å². The molecule has 0 aromatic rings. The van der Waals surface area contributed by atoms with E-state index in [2.05, 4.69) is 14.0 Å². The second-order valence-corrected chi connectivity index (χ2v) is 5.60. The molecule has 1 aliphatic heterocycles. The molecule has 8 heteroatoms. The number of aliphatic carboxylic acids is 1. The number of carbonyl (C=O) groups is 1. The monoisotopic (exact) mass is 319 g/mol. The number of halogens is 5. The van der Waals surface area contributed by atoms with Gasteiger partial charge in [0.2, 0.25) is 0 Å². The molecule has 0 amide bonds. The first kappa shape index (κ1) is 20.1. The van der Waals surface area contributed by atoms with Crippen molar-refractivity contribution in [1.29, 1.82) is 0 Å². The van der Waals surface area contributed by atoms with E-state index in [4.69, 9.17) is 0 Å². The van der Waals surface area contributed by atoms with Gasteiger partial charge in [-0.2, -0.15) is 22.0 Å². The number of carboxylic acid groups (broad SMARTS) is 1. The first-order chi connectivity index (χ1) is 9.43. The average molecular weight is 319 g/mol. The van der Waals surface area contributed by atoms with E-state index in [-0.39, 0.29) is 0 Å². The van der Waals surface area contributed by atoms with Crippen LogP contribution in [0.5, 0.6) is 0 Å². The van der Waals surface area contributed by atoms with Crippen molar-refractivity contribution < 1.29 is 36.3 Å². The van der Waals surface area contributed by atoms with Crippen molar-refractivity contribution in [3.8, 4) is 0 Å². The molecule has 1 aliphatic rings. The lowest BCUT2D eigenvalue weighted by molar-refractivity contribution is -0.897. The van der Waals surface area contributed by atoms with Crippen LogP contribution >= 0.6 is 0 Å². The molecule has 3 nitrogen and oxygen atoms in total. The molecule has 1 rings (SSSR count). The molecule has 0 spiro atoms. The summed E-state index contributed by atoms with van der Waals surface area (Å²) in [5.74, 6) is -7.64. The minimum atomic E-state index is -5.83. The summed E-state index contributed by atoms with van der Waals surface area (Å²) < 4.78 is 58.1. The van der Waals surface area contributed by atoms with Gasteiger partial charge in [0.05, 0.1) is 33.1 Å². The second kappa shape index (κ2) is 7.91. The Bertz CT molecular complexity index is 325. The highest BCUT2D eigenvalue weighted by molar-refractivity contribution is 5.65. The van der Waals surface area contributed by atoms with Crippen molar-refractivity contribution >= 4 is 5.97 Å². The Labute approximate surface area is 121 Å². The Morgan fingerprint density at radius 3 is 1.90 bits per heavy atom. The van der Waals surface area contributed by atoms with Crippen LogP contribution in [0.1, 0.15) is 39.0 Å². The van der Waals surface area contributed by atoms with Crippen LogP contribution in [-0.2, 0) is 4.79 Å². The molecule has 0 aliphatic carbocycles. The van der Waals surface area contributed by atoms with Crippen molar-refractivity contribution in [3.63, 3.8) is 0 Å². The molecular weight excluding hydrogens is 297 g/mol. The Balaban J connectivity index is 0.000000382. The normalized spacial score (nSPS) is 18.0. The maximum atomic E-state index is 11.6. The minimum Gasteiger partial charge on any atom is -0.550 e. The van der Waals surface area contributed by atoms with E-state index in [1.807, 2.05) is 0 Å². The zero-order valence-corrected chi connectivity index (χ0v) is 12.3. The van der Waals surface area contributed by atoms with E-state index in [1.54, 1.807) is 0 Å². The van der Waals surface area contributed by atoms with Gasteiger partial charge in [-0.05, 0) is 6.42 Å². The van der Waals surface area contributed by atoms with Gasteiger partial charge < -0.3 is 14.4 Å². The van der Waals surface area contributed by atoms with Crippen molar-refractivity contribution in [2.75, 3.05) is 26.7 Å². The maximum absolute atomic E-state index is 11.6. The zero-order valence-electron chi connectivity index (χ0n) is 12.3. The third kappa shape index (κ3) is 7.59. The summed E-state index contributed by atoms with van der Waals surface area (Å²) in [7, 11) is 2.41. The summed E-state index contributed by atoms with van der Waals surface area (Å²) in [6, 6.07) is 0. The molecule has 21 heavy (non-hydrogen) atoms. The van der Waals surface area contributed by atoms with Crippen LogP contribution in [0.25, 0.3) is 0 Å². The van der Waals surface area contributed by atoms with E-state index in [0.29, 0.717) is 0 Å². The second-order valence-electron chi connectivity index (χ2n) is 5.60. The summed E-state index contributed by atoms with van der Waals surface area (Å²) in [5.41, 5.74) is 0. The summed E-state index contributed by atoms with van der Waals surface area (Å²) in [6.07, 6.45) is -2.48. The lowest BCUT2D eigenvalue weighted by atomic mass is 10.2. The van der Waals surface area contributed by atoms with Crippen LogP contribution in [0.3, 0.4) is 0 Å². The lowest BCUT2D eigenvalue weighted by Crippen LogP contribution is -2.42. The highest BCUT2D eigenvalue weighted by Crippen LogP contribution is 2.37. The number of hydrogen-bond donors (Lipinski definition) is 0. The average Bonchev–Trinajstić information content (AvgIpc) is 2.72. The summed E-state index contributed by atoms with van der Waals surface area (Å²) in [5, 5.41) is 9.37. The smallest absolute Gasteiger partial charge is 0.453 e. The Morgan fingerprint density at radius 2 is 1.62 bits per heavy atom. The molecule has 0 radical (unpaired) electrons. The predicted molar refractivity (Wildman–Crippen MR) is 65.6 cm³/mol. The van der Waals surface area contributed by atoms with Crippen molar-refractivity contribution in [1.82, 2.24) is 0 Å². The topological polar surface area (TPSA) is 40.1 Å². The molecule has 0 unspecified atom stereocenters. The van der Waals surface area contributed by atoms with Crippen LogP contribution in [0.4, 0.5) is 22.0 Å². The number of nitrogens with zero attached hydrogens (tertiary/aromatic N) is 1. The van der Waals surface area contributed by atoms with Gasteiger partial charge in [0, 0.05) is 18.8 Å². The fourth-order valence-electron chi connectivity index (χ4n) is 2.14. The SMILES string of the molecule is CCCC[N+]1(C)CCCC1.O=C([O-])CC(F)(F)C(F)(F)F. The standard InChI is InChI=1S/C9H20N.C4H3F5O2/c1-3-4-7-10(2)8-5-6-9-10;5-3(6,1-2(10)11)4(7,8)9/h3-9H2,1-2H3;1H2,(H,10,11)/q+1;/p-1. The summed E-state index contributed by atoms with van der Waals surface area (Å²) in [6.45, 7) is 6.55. The zero-order chi connectivity index (χ0) is 16.7. The van der Waals surface area contributed by atoms with Crippen LogP contribution < -0.4 is 5.11 Å². The van der Waals surface area contributed by atoms with Crippen molar-refractivity contribution in [2.45, 2.75) is 51.1 Å². The van der Waals surface area contributed by atoms with Gasteiger partial charge in [-0.1, -0.05) is 13.3 Å². The van der Waals surface area contributed by atoms with Crippen molar-refractivity contribution in [2.24, 2.45) is 0 Å². The van der Waals surface area contributed by atoms with Gasteiger partial charge in [-0.3, -0.25) is 0 Å². The highest BCUT2D eigenvalue weighted by Gasteiger charge is 2.57. The Kier molecular flexibility index (Phi) is 7.56. The Morgan fingerprint density at radius 1 is 1.14 bits per heavy atom. The number of rotatable bonds is 5. The molecule has 0 N–H and O–H groups in total. The summed E-state index contributed by atoms with van der Waals surface area (Å²) in [4.78, 5) is 9.37. The molecule has 0 aromatic heterocycles. The molecule has 126 valence electrons. The molecule has 0 saturated carbocycles. The molecular formula is C13H22F5NO2. The predicted octanol–water partition coefficient (Wildman–Crippen LogP) is 2.35. The number of carboxylic acids is 1. The van der Waals surface area contributed by atoms with Crippen molar-refractivity contribution in [3.05, 3.63) is 0 Å². The molecule has 0 aromatic carbocycles.